The highest BCUT2D eigenvalue weighted by molar-refractivity contribution is 5.17. The van der Waals surface area contributed by atoms with E-state index in [1.165, 1.54) is 12.8 Å². The number of methoxy groups -OCH3 is 1. The third kappa shape index (κ3) is 3.21. The lowest BCUT2D eigenvalue weighted by Gasteiger charge is -2.26. The molecule has 1 saturated carbocycles. The maximum atomic E-state index is 9.51. The zero-order valence-electron chi connectivity index (χ0n) is 11.0. The summed E-state index contributed by atoms with van der Waals surface area (Å²) in [6.07, 6.45) is 6.58. The van der Waals surface area contributed by atoms with Gasteiger partial charge in [-0.15, -0.1) is 0 Å². The van der Waals surface area contributed by atoms with Crippen LogP contribution in [0.2, 0.25) is 0 Å². The predicted molar refractivity (Wildman–Crippen MR) is 70.5 cm³/mol. The summed E-state index contributed by atoms with van der Waals surface area (Å²) >= 11 is 0. The Morgan fingerprint density at radius 2 is 2.17 bits per heavy atom. The van der Waals surface area contributed by atoms with Gasteiger partial charge in [0.1, 0.15) is 0 Å². The average Bonchev–Trinajstić information content (AvgIpc) is 2.89. The molecule has 1 heterocycles. The van der Waals surface area contributed by atoms with Gasteiger partial charge in [0, 0.05) is 37.4 Å². The van der Waals surface area contributed by atoms with Crippen LogP contribution in [-0.2, 0) is 6.54 Å². The molecule has 1 fully saturated rings. The first-order chi connectivity index (χ1) is 8.78. The highest BCUT2D eigenvalue weighted by Crippen LogP contribution is 2.36. The number of aliphatic hydroxyl groups is 1. The molecule has 0 unspecified atom stereocenters. The van der Waals surface area contributed by atoms with E-state index in [0.717, 1.165) is 31.5 Å². The molecule has 1 aliphatic carbocycles. The van der Waals surface area contributed by atoms with Gasteiger partial charge in [-0.3, -0.25) is 0 Å². The lowest BCUT2D eigenvalue weighted by Crippen LogP contribution is -2.34. The maximum Gasteiger partial charge on any atom is 0.212 e. The van der Waals surface area contributed by atoms with Gasteiger partial charge >= 0.3 is 0 Å². The molecule has 0 radical (unpaired) electrons. The lowest BCUT2D eigenvalue weighted by molar-refractivity contribution is 0.128. The second-order valence-electron chi connectivity index (χ2n) is 5.18. The van der Waals surface area contributed by atoms with Crippen LogP contribution in [0.4, 0.5) is 0 Å². The highest BCUT2D eigenvalue weighted by Gasteiger charge is 2.32. The number of nitrogens with zero attached hydrogens (tertiary/aromatic N) is 1. The molecule has 0 spiro atoms. The first-order valence-electron chi connectivity index (χ1n) is 6.58. The Hall–Kier alpha value is -1.13. The van der Waals surface area contributed by atoms with E-state index in [4.69, 9.17) is 4.74 Å². The minimum absolute atomic E-state index is 0.111. The van der Waals surface area contributed by atoms with Crippen LogP contribution in [-0.4, -0.2) is 30.4 Å². The molecule has 0 aromatic carbocycles. The molecule has 0 saturated heterocycles. The molecule has 4 heteroatoms. The van der Waals surface area contributed by atoms with Crippen LogP contribution in [0.25, 0.3) is 0 Å². The number of ether oxygens (including phenoxy) is 1. The van der Waals surface area contributed by atoms with E-state index >= 15 is 0 Å². The zero-order valence-corrected chi connectivity index (χ0v) is 11.0. The second-order valence-corrected chi connectivity index (χ2v) is 5.18. The second kappa shape index (κ2) is 6.16. The average molecular weight is 250 g/mol. The van der Waals surface area contributed by atoms with Crippen LogP contribution < -0.4 is 10.1 Å². The number of aromatic nitrogens is 1. The topological polar surface area (TPSA) is 54.4 Å². The Bertz CT molecular complexity index is 359. The summed E-state index contributed by atoms with van der Waals surface area (Å²) in [5.74, 6) is 0.640. The summed E-state index contributed by atoms with van der Waals surface area (Å²) in [5.41, 5.74) is 1.25. The molecule has 0 atom stereocenters. The van der Waals surface area contributed by atoms with Gasteiger partial charge in [-0.1, -0.05) is 18.9 Å². The molecule has 1 aliphatic rings. The van der Waals surface area contributed by atoms with Crippen LogP contribution >= 0.6 is 0 Å². The molecule has 100 valence electrons. The van der Waals surface area contributed by atoms with Crippen molar-refractivity contribution in [3.05, 3.63) is 23.9 Å². The monoisotopic (exact) mass is 250 g/mol. The van der Waals surface area contributed by atoms with Crippen molar-refractivity contribution in [1.82, 2.24) is 10.3 Å². The summed E-state index contributed by atoms with van der Waals surface area (Å²) < 4.78 is 5.02. The van der Waals surface area contributed by atoms with Crippen molar-refractivity contribution in [3.8, 4) is 5.88 Å². The van der Waals surface area contributed by atoms with Crippen molar-refractivity contribution in [1.29, 1.82) is 0 Å². The number of hydrogen-bond donors (Lipinski definition) is 2. The molecule has 2 N–H and O–H groups in total. The van der Waals surface area contributed by atoms with E-state index in [1.807, 2.05) is 18.3 Å². The molecule has 0 bridgehead atoms. The first-order valence-corrected chi connectivity index (χ1v) is 6.58. The van der Waals surface area contributed by atoms with Crippen LogP contribution in [0.15, 0.2) is 18.3 Å². The summed E-state index contributed by atoms with van der Waals surface area (Å²) in [4.78, 5) is 4.17. The maximum absolute atomic E-state index is 9.51. The Balaban J connectivity index is 1.80. The van der Waals surface area contributed by atoms with E-state index in [1.54, 1.807) is 7.11 Å². The van der Waals surface area contributed by atoms with E-state index < -0.39 is 0 Å². The summed E-state index contributed by atoms with van der Waals surface area (Å²) in [6.45, 7) is 1.97. The minimum atomic E-state index is 0.111. The largest absolute Gasteiger partial charge is 0.481 e. The fourth-order valence-electron chi connectivity index (χ4n) is 2.62. The Morgan fingerprint density at radius 3 is 2.72 bits per heavy atom. The molecular formula is C14H22N2O2. The van der Waals surface area contributed by atoms with Gasteiger partial charge in [0.2, 0.25) is 5.88 Å². The highest BCUT2D eigenvalue weighted by atomic mass is 16.5. The molecular weight excluding hydrogens is 228 g/mol. The van der Waals surface area contributed by atoms with Crippen LogP contribution in [0, 0.1) is 5.41 Å². The van der Waals surface area contributed by atoms with Gasteiger partial charge in [0.25, 0.3) is 0 Å². The summed E-state index contributed by atoms with van der Waals surface area (Å²) in [6, 6.07) is 3.88. The number of rotatable bonds is 6. The number of pyridine rings is 1. The third-order valence-corrected chi connectivity index (χ3v) is 3.84. The van der Waals surface area contributed by atoms with Gasteiger partial charge < -0.3 is 15.2 Å². The fourth-order valence-corrected chi connectivity index (χ4v) is 2.62. The van der Waals surface area contributed by atoms with Crippen molar-refractivity contribution in [2.24, 2.45) is 5.41 Å². The Kier molecular flexibility index (Phi) is 4.55. The third-order valence-electron chi connectivity index (χ3n) is 3.84. The SMILES string of the molecule is COc1ccc(CNCC2(CO)CCCC2)cn1. The van der Waals surface area contributed by atoms with Crippen molar-refractivity contribution >= 4 is 0 Å². The number of hydrogen-bond acceptors (Lipinski definition) is 4. The Morgan fingerprint density at radius 1 is 1.39 bits per heavy atom. The van der Waals surface area contributed by atoms with Crippen molar-refractivity contribution in [2.75, 3.05) is 20.3 Å². The van der Waals surface area contributed by atoms with Gasteiger partial charge in [-0.05, 0) is 18.4 Å². The molecule has 0 aliphatic heterocycles. The van der Waals surface area contributed by atoms with Crippen molar-refractivity contribution in [2.45, 2.75) is 32.2 Å². The van der Waals surface area contributed by atoms with Crippen LogP contribution in [0.1, 0.15) is 31.2 Å². The molecule has 1 aromatic rings. The predicted octanol–water partition coefficient (Wildman–Crippen LogP) is 1.73. The van der Waals surface area contributed by atoms with Crippen molar-refractivity contribution in [3.63, 3.8) is 0 Å². The van der Waals surface area contributed by atoms with E-state index in [2.05, 4.69) is 10.3 Å². The zero-order chi connectivity index (χ0) is 12.8. The Labute approximate surface area is 108 Å². The summed E-state index contributed by atoms with van der Waals surface area (Å²) in [7, 11) is 1.62. The smallest absolute Gasteiger partial charge is 0.212 e. The molecule has 4 nitrogen and oxygen atoms in total. The van der Waals surface area contributed by atoms with E-state index in [-0.39, 0.29) is 5.41 Å². The number of aliphatic hydroxyl groups excluding tert-OH is 1. The number of nitrogens with one attached hydrogen (secondary N) is 1. The van der Waals surface area contributed by atoms with E-state index in [9.17, 15) is 5.11 Å². The molecule has 18 heavy (non-hydrogen) atoms. The normalized spacial score (nSPS) is 17.9. The van der Waals surface area contributed by atoms with Crippen molar-refractivity contribution < 1.29 is 9.84 Å². The lowest BCUT2D eigenvalue weighted by atomic mass is 9.87. The van der Waals surface area contributed by atoms with Crippen LogP contribution in [0.3, 0.4) is 0 Å². The minimum Gasteiger partial charge on any atom is -0.481 e. The molecule has 2 rings (SSSR count). The quantitative estimate of drug-likeness (QED) is 0.807. The fraction of sp³-hybridized carbons (Fsp3) is 0.643. The summed E-state index contributed by atoms with van der Waals surface area (Å²) in [5, 5.41) is 12.9. The van der Waals surface area contributed by atoms with Crippen LogP contribution in [0.5, 0.6) is 5.88 Å². The van der Waals surface area contributed by atoms with E-state index in [0.29, 0.717) is 12.5 Å². The standard InChI is InChI=1S/C14H22N2O2/c1-18-13-5-4-12(9-16-13)8-15-10-14(11-17)6-2-3-7-14/h4-5,9,15,17H,2-3,6-8,10-11H2,1H3. The van der Waals surface area contributed by atoms with Gasteiger partial charge in [-0.25, -0.2) is 4.98 Å². The van der Waals surface area contributed by atoms with Gasteiger partial charge in [0.15, 0.2) is 0 Å². The van der Waals surface area contributed by atoms with Gasteiger partial charge in [0.05, 0.1) is 7.11 Å². The first kappa shape index (κ1) is 13.3. The van der Waals surface area contributed by atoms with Gasteiger partial charge in [-0.2, -0.15) is 0 Å². The molecule has 0 amide bonds. The molecule has 1 aromatic heterocycles.